The second-order valence-electron chi connectivity index (χ2n) is 7.75. The standard InChI is InChI=1S/C24H28N2O4/c1-5-19(25-14(2)3)23(28)18-10-12-20(22-17(18)11-13-21(27)26-22)30-24(29)16-9-7-6-8-15(16)4/h6-14,19,23,25,28H,5H2,1-4H3,(H,26,27). The summed E-state index contributed by atoms with van der Waals surface area (Å²) in [6.45, 7) is 7.90. The van der Waals surface area contributed by atoms with Crippen molar-refractivity contribution in [3.63, 3.8) is 0 Å². The van der Waals surface area contributed by atoms with Crippen LogP contribution in [0.2, 0.25) is 0 Å². The number of pyridine rings is 1. The molecule has 0 saturated heterocycles. The highest BCUT2D eigenvalue weighted by molar-refractivity contribution is 5.96. The van der Waals surface area contributed by atoms with Gasteiger partial charge in [-0.3, -0.25) is 4.79 Å². The van der Waals surface area contributed by atoms with Crippen molar-refractivity contribution in [1.82, 2.24) is 10.3 Å². The van der Waals surface area contributed by atoms with E-state index in [0.717, 1.165) is 12.0 Å². The minimum absolute atomic E-state index is 0.152. The molecule has 3 rings (SSSR count). The van der Waals surface area contributed by atoms with Gasteiger partial charge in [0.05, 0.1) is 17.2 Å². The molecule has 0 radical (unpaired) electrons. The van der Waals surface area contributed by atoms with Crippen molar-refractivity contribution in [1.29, 1.82) is 0 Å². The van der Waals surface area contributed by atoms with E-state index < -0.39 is 12.1 Å². The number of ether oxygens (including phenoxy) is 1. The van der Waals surface area contributed by atoms with E-state index in [1.807, 2.05) is 39.8 Å². The van der Waals surface area contributed by atoms with E-state index in [-0.39, 0.29) is 23.4 Å². The zero-order chi connectivity index (χ0) is 21.8. The molecule has 0 amide bonds. The quantitative estimate of drug-likeness (QED) is 0.408. The molecule has 2 aromatic carbocycles. The fraction of sp³-hybridized carbons (Fsp3) is 0.333. The van der Waals surface area contributed by atoms with Gasteiger partial charge in [-0.1, -0.05) is 45.0 Å². The fourth-order valence-electron chi connectivity index (χ4n) is 3.62. The number of nitrogens with one attached hydrogen (secondary N) is 2. The number of carbonyl (C=O) groups excluding carboxylic acids is 1. The van der Waals surface area contributed by atoms with E-state index >= 15 is 0 Å². The lowest BCUT2D eigenvalue weighted by Gasteiger charge is -2.26. The number of aromatic nitrogens is 1. The van der Waals surface area contributed by atoms with E-state index in [1.165, 1.54) is 6.07 Å². The summed E-state index contributed by atoms with van der Waals surface area (Å²) in [5, 5.41) is 15.0. The van der Waals surface area contributed by atoms with Crippen molar-refractivity contribution in [2.45, 2.75) is 52.3 Å². The average molecular weight is 408 g/mol. The zero-order valence-electron chi connectivity index (χ0n) is 17.7. The highest BCUT2D eigenvalue weighted by Gasteiger charge is 2.23. The van der Waals surface area contributed by atoms with Gasteiger partial charge in [0.2, 0.25) is 5.56 Å². The molecule has 2 unspecified atom stereocenters. The lowest BCUT2D eigenvalue weighted by molar-refractivity contribution is 0.0736. The number of aliphatic hydroxyl groups is 1. The monoisotopic (exact) mass is 408 g/mol. The van der Waals surface area contributed by atoms with Crippen LogP contribution in [0.5, 0.6) is 5.75 Å². The Morgan fingerprint density at radius 1 is 1.13 bits per heavy atom. The number of hydrogen-bond acceptors (Lipinski definition) is 5. The molecule has 6 heteroatoms. The summed E-state index contributed by atoms with van der Waals surface area (Å²) in [5.41, 5.74) is 2.00. The van der Waals surface area contributed by atoms with Crippen LogP contribution in [0.15, 0.2) is 53.3 Å². The van der Waals surface area contributed by atoms with Gasteiger partial charge in [-0.05, 0) is 42.7 Å². The Morgan fingerprint density at radius 2 is 1.87 bits per heavy atom. The molecule has 158 valence electrons. The summed E-state index contributed by atoms with van der Waals surface area (Å²) in [6, 6.07) is 13.6. The molecule has 1 aromatic heterocycles. The second-order valence-corrected chi connectivity index (χ2v) is 7.75. The van der Waals surface area contributed by atoms with E-state index in [9.17, 15) is 14.7 Å². The van der Waals surface area contributed by atoms with Crippen LogP contribution >= 0.6 is 0 Å². The largest absolute Gasteiger partial charge is 0.421 e. The van der Waals surface area contributed by atoms with Crippen LogP contribution in [-0.4, -0.2) is 28.1 Å². The lowest BCUT2D eigenvalue weighted by atomic mass is 9.95. The van der Waals surface area contributed by atoms with Crippen LogP contribution in [-0.2, 0) is 0 Å². The molecule has 0 aliphatic rings. The number of rotatable bonds is 7. The Balaban J connectivity index is 2.03. The van der Waals surface area contributed by atoms with Crippen molar-refractivity contribution in [2.75, 3.05) is 0 Å². The maximum Gasteiger partial charge on any atom is 0.343 e. The van der Waals surface area contributed by atoms with Crippen LogP contribution in [0.4, 0.5) is 0 Å². The van der Waals surface area contributed by atoms with Gasteiger partial charge in [-0.2, -0.15) is 0 Å². The Bertz CT molecular complexity index is 1100. The van der Waals surface area contributed by atoms with Crippen molar-refractivity contribution in [3.8, 4) is 5.75 Å². The van der Waals surface area contributed by atoms with Gasteiger partial charge in [0.1, 0.15) is 0 Å². The summed E-state index contributed by atoms with van der Waals surface area (Å²) in [4.78, 5) is 27.4. The molecule has 0 aliphatic carbocycles. The second kappa shape index (κ2) is 9.24. The highest BCUT2D eigenvalue weighted by Crippen LogP contribution is 2.32. The van der Waals surface area contributed by atoms with Gasteiger partial charge in [-0.25, -0.2) is 4.79 Å². The van der Waals surface area contributed by atoms with Gasteiger partial charge in [0.25, 0.3) is 0 Å². The Hall–Kier alpha value is -2.96. The number of H-pyrrole nitrogens is 1. The first-order chi connectivity index (χ1) is 14.3. The number of esters is 1. The first kappa shape index (κ1) is 21.7. The molecular weight excluding hydrogens is 380 g/mol. The zero-order valence-corrected chi connectivity index (χ0v) is 17.7. The first-order valence-electron chi connectivity index (χ1n) is 10.2. The maximum atomic E-state index is 12.7. The smallest absolute Gasteiger partial charge is 0.343 e. The predicted molar refractivity (Wildman–Crippen MR) is 118 cm³/mol. The predicted octanol–water partition coefficient (Wildman–Crippen LogP) is 3.87. The van der Waals surface area contributed by atoms with Crippen molar-refractivity contribution in [2.24, 2.45) is 0 Å². The third kappa shape index (κ3) is 4.61. The number of hydrogen-bond donors (Lipinski definition) is 3. The SMILES string of the molecule is CCC(NC(C)C)C(O)c1ccc(OC(=O)c2ccccc2C)c2[nH]c(=O)ccc12. The molecule has 0 aliphatic heterocycles. The summed E-state index contributed by atoms with van der Waals surface area (Å²) in [5.74, 6) is -0.253. The van der Waals surface area contributed by atoms with Crippen molar-refractivity contribution >= 4 is 16.9 Å². The molecular formula is C24H28N2O4. The molecule has 2 atom stereocenters. The maximum absolute atomic E-state index is 12.7. The van der Waals surface area contributed by atoms with E-state index in [2.05, 4.69) is 10.3 Å². The van der Waals surface area contributed by atoms with E-state index in [1.54, 1.807) is 30.3 Å². The minimum Gasteiger partial charge on any atom is -0.421 e. The molecule has 0 fully saturated rings. The number of aryl methyl sites for hydroxylation is 1. The van der Waals surface area contributed by atoms with Gasteiger partial charge in [0, 0.05) is 23.5 Å². The van der Waals surface area contributed by atoms with Crippen LogP contribution in [0.25, 0.3) is 10.9 Å². The van der Waals surface area contributed by atoms with Crippen molar-refractivity contribution in [3.05, 3.63) is 75.6 Å². The fourth-order valence-corrected chi connectivity index (χ4v) is 3.62. The molecule has 0 spiro atoms. The first-order valence-corrected chi connectivity index (χ1v) is 10.2. The normalized spacial score (nSPS) is 13.4. The van der Waals surface area contributed by atoms with Crippen molar-refractivity contribution < 1.29 is 14.6 Å². The molecule has 0 saturated carbocycles. The van der Waals surface area contributed by atoms with Gasteiger partial charge < -0.3 is 20.1 Å². The molecule has 1 heterocycles. The van der Waals surface area contributed by atoms with Crippen LogP contribution in [0.1, 0.15) is 54.8 Å². The van der Waals surface area contributed by atoms with Crippen LogP contribution < -0.4 is 15.6 Å². The Morgan fingerprint density at radius 3 is 2.53 bits per heavy atom. The van der Waals surface area contributed by atoms with Gasteiger partial charge in [0.15, 0.2) is 5.75 Å². The lowest BCUT2D eigenvalue weighted by Crippen LogP contribution is -2.39. The third-order valence-electron chi connectivity index (χ3n) is 5.15. The van der Waals surface area contributed by atoms with E-state index in [0.29, 0.717) is 22.0 Å². The molecule has 6 nitrogen and oxygen atoms in total. The average Bonchev–Trinajstić information content (AvgIpc) is 2.72. The minimum atomic E-state index is -0.785. The number of carbonyl (C=O) groups is 1. The summed E-state index contributed by atoms with van der Waals surface area (Å²) >= 11 is 0. The number of aliphatic hydroxyl groups excluding tert-OH is 1. The summed E-state index contributed by atoms with van der Waals surface area (Å²) in [7, 11) is 0. The Kier molecular flexibility index (Phi) is 6.70. The van der Waals surface area contributed by atoms with Crippen LogP contribution in [0, 0.1) is 6.92 Å². The molecule has 30 heavy (non-hydrogen) atoms. The summed E-state index contributed by atoms with van der Waals surface area (Å²) in [6.07, 6.45) is -0.0549. The number of benzene rings is 2. The third-order valence-corrected chi connectivity index (χ3v) is 5.15. The summed E-state index contributed by atoms with van der Waals surface area (Å²) < 4.78 is 5.63. The topological polar surface area (TPSA) is 91.4 Å². The molecule has 0 bridgehead atoms. The van der Waals surface area contributed by atoms with E-state index in [4.69, 9.17) is 4.74 Å². The number of fused-ring (bicyclic) bond motifs is 1. The number of aromatic amines is 1. The van der Waals surface area contributed by atoms with Gasteiger partial charge in [-0.15, -0.1) is 0 Å². The molecule has 3 N–H and O–H groups in total. The highest BCUT2D eigenvalue weighted by atomic mass is 16.5. The Labute approximate surface area is 175 Å². The van der Waals surface area contributed by atoms with Crippen LogP contribution in [0.3, 0.4) is 0 Å². The van der Waals surface area contributed by atoms with Gasteiger partial charge >= 0.3 is 5.97 Å². The molecule has 3 aromatic rings.